The molecule has 1 saturated carbocycles. The van der Waals surface area contributed by atoms with E-state index in [1.54, 1.807) is 0 Å². The molecule has 0 unspecified atom stereocenters. The lowest BCUT2D eigenvalue weighted by atomic mass is 9.92. The molecule has 1 aliphatic carbocycles. The van der Waals surface area contributed by atoms with Crippen LogP contribution in [0.4, 0.5) is 0 Å². The van der Waals surface area contributed by atoms with Crippen molar-refractivity contribution in [2.45, 2.75) is 44.4 Å². The monoisotopic (exact) mass is 225 g/mol. The van der Waals surface area contributed by atoms with Gasteiger partial charge in [0.2, 0.25) is 5.91 Å². The second-order valence-corrected chi connectivity index (χ2v) is 4.03. The smallest absolute Gasteiger partial charge is 0.242 e. The number of nitrogens with one attached hydrogen (secondary N) is 1. The van der Waals surface area contributed by atoms with Gasteiger partial charge in [0.15, 0.2) is 0 Å². The Morgan fingerprint density at radius 3 is 3.00 bits per heavy atom. The average Bonchev–Trinajstić information content (AvgIpc) is 2.74. The minimum atomic E-state index is -0.424. The number of hydrogen-bond acceptors (Lipinski definition) is 5. The number of aromatic nitrogens is 4. The van der Waals surface area contributed by atoms with Crippen LogP contribution in [0.2, 0.25) is 0 Å². The SMILES string of the molecule is O=C(Cn1cnnn1)N[C@@H]1CCCC[C@H]1O. The van der Waals surface area contributed by atoms with Gasteiger partial charge in [-0.05, 0) is 23.3 Å². The first-order chi connectivity index (χ1) is 7.75. The maximum Gasteiger partial charge on any atom is 0.242 e. The Morgan fingerprint density at radius 2 is 2.31 bits per heavy atom. The van der Waals surface area contributed by atoms with Gasteiger partial charge in [-0.15, -0.1) is 5.10 Å². The third-order valence-corrected chi connectivity index (χ3v) is 2.77. The molecule has 0 spiro atoms. The molecule has 1 aromatic rings. The second kappa shape index (κ2) is 5.02. The fourth-order valence-corrected chi connectivity index (χ4v) is 1.93. The van der Waals surface area contributed by atoms with Gasteiger partial charge in [0.05, 0.1) is 12.1 Å². The minimum absolute atomic E-state index is 0.0935. The lowest BCUT2D eigenvalue weighted by Gasteiger charge is -2.28. The van der Waals surface area contributed by atoms with Crippen molar-refractivity contribution >= 4 is 5.91 Å². The summed E-state index contributed by atoms with van der Waals surface area (Å²) in [7, 11) is 0. The summed E-state index contributed by atoms with van der Waals surface area (Å²) in [5, 5.41) is 23.0. The van der Waals surface area contributed by atoms with E-state index in [1.165, 1.54) is 11.0 Å². The molecule has 0 aliphatic heterocycles. The van der Waals surface area contributed by atoms with Gasteiger partial charge in [0, 0.05) is 0 Å². The molecule has 1 fully saturated rings. The number of carbonyl (C=O) groups is 1. The van der Waals surface area contributed by atoms with Crippen molar-refractivity contribution in [2.24, 2.45) is 0 Å². The van der Waals surface area contributed by atoms with Gasteiger partial charge in [-0.2, -0.15) is 0 Å². The average molecular weight is 225 g/mol. The third kappa shape index (κ3) is 2.75. The number of nitrogens with zero attached hydrogens (tertiary/aromatic N) is 4. The van der Waals surface area contributed by atoms with Crippen molar-refractivity contribution in [3.8, 4) is 0 Å². The summed E-state index contributed by atoms with van der Waals surface area (Å²) in [6.07, 6.45) is 4.63. The maximum atomic E-state index is 11.6. The number of amides is 1. The number of aliphatic hydroxyl groups is 1. The van der Waals surface area contributed by atoms with Gasteiger partial charge in [-0.25, -0.2) is 4.68 Å². The van der Waals surface area contributed by atoms with Crippen LogP contribution >= 0.6 is 0 Å². The lowest BCUT2D eigenvalue weighted by Crippen LogP contribution is -2.46. The Kier molecular flexibility index (Phi) is 3.45. The molecule has 1 aromatic heterocycles. The van der Waals surface area contributed by atoms with E-state index in [2.05, 4.69) is 20.8 Å². The Labute approximate surface area is 92.8 Å². The maximum absolute atomic E-state index is 11.6. The van der Waals surface area contributed by atoms with Gasteiger partial charge >= 0.3 is 0 Å². The van der Waals surface area contributed by atoms with E-state index in [9.17, 15) is 9.90 Å². The molecule has 88 valence electrons. The van der Waals surface area contributed by atoms with Crippen LogP contribution in [0, 0.1) is 0 Å². The Hall–Kier alpha value is -1.50. The number of hydrogen-bond donors (Lipinski definition) is 2. The first kappa shape index (κ1) is 11.0. The molecule has 2 atom stereocenters. The van der Waals surface area contributed by atoms with Gasteiger partial charge < -0.3 is 10.4 Å². The van der Waals surface area contributed by atoms with E-state index < -0.39 is 6.10 Å². The number of carbonyl (C=O) groups excluding carboxylic acids is 1. The van der Waals surface area contributed by atoms with Crippen LogP contribution in [0.3, 0.4) is 0 Å². The van der Waals surface area contributed by atoms with Crippen molar-refractivity contribution in [3.63, 3.8) is 0 Å². The quantitative estimate of drug-likeness (QED) is 0.695. The zero-order valence-corrected chi connectivity index (χ0v) is 8.91. The molecule has 16 heavy (non-hydrogen) atoms. The zero-order chi connectivity index (χ0) is 11.4. The van der Waals surface area contributed by atoms with Crippen molar-refractivity contribution in [3.05, 3.63) is 6.33 Å². The second-order valence-electron chi connectivity index (χ2n) is 4.03. The number of aliphatic hydroxyl groups excluding tert-OH is 1. The summed E-state index contributed by atoms with van der Waals surface area (Å²) in [5.74, 6) is -0.168. The zero-order valence-electron chi connectivity index (χ0n) is 8.91. The number of rotatable bonds is 3. The molecule has 2 rings (SSSR count). The van der Waals surface area contributed by atoms with Crippen molar-refractivity contribution in [1.29, 1.82) is 0 Å². The largest absolute Gasteiger partial charge is 0.391 e. The van der Waals surface area contributed by atoms with Crippen LogP contribution in [0.1, 0.15) is 25.7 Å². The number of tetrazole rings is 1. The summed E-state index contributed by atoms with van der Waals surface area (Å²) in [5.41, 5.74) is 0. The fraction of sp³-hybridized carbons (Fsp3) is 0.778. The van der Waals surface area contributed by atoms with Gasteiger partial charge in [0.1, 0.15) is 12.9 Å². The van der Waals surface area contributed by atoms with Crippen molar-refractivity contribution < 1.29 is 9.90 Å². The first-order valence-electron chi connectivity index (χ1n) is 5.44. The Balaban J connectivity index is 1.82. The van der Waals surface area contributed by atoms with Crippen LogP contribution in [-0.2, 0) is 11.3 Å². The molecule has 7 nitrogen and oxygen atoms in total. The lowest BCUT2D eigenvalue weighted by molar-refractivity contribution is -0.123. The molecule has 0 aromatic carbocycles. The highest BCUT2D eigenvalue weighted by molar-refractivity contribution is 5.75. The van der Waals surface area contributed by atoms with Crippen molar-refractivity contribution in [2.75, 3.05) is 0 Å². The van der Waals surface area contributed by atoms with Crippen molar-refractivity contribution in [1.82, 2.24) is 25.5 Å². The van der Waals surface area contributed by atoms with Crippen LogP contribution in [0.5, 0.6) is 0 Å². The normalized spacial score (nSPS) is 25.3. The predicted octanol–water partition coefficient (Wildman–Crippen LogP) is -0.907. The molecular weight excluding hydrogens is 210 g/mol. The summed E-state index contributed by atoms with van der Waals surface area (Å²) in [4.78, 5) is 11.6. The van der Waals surface area contributed by atoms with Crippen LogP contribution in [0.25, 0.3) is 0 Å². The molecule has 0 radical (unpaired) electrons. The standard InChI is InChI=1S/C9H15N5O2/c15-8-4-2-1-3-7(8)11-9(16)5-14-6-10-12-13-14/h6-8,15H,1-5H2,(H,11,16)/t7-,8-/m1/s1. The highest BCUT2D eigenvalue weighted by Gasteiger charge is 2.24. The van der Waals surface area contributed by atoms with Crippen LogP contribution < -0.4 is 5.32 Å². The van der Waals surface area contributed by atoms with Gasteiger partial charge in [0.25, 0.3) is 0 Å². The molecule has 2 N–H and O–H groups in total. The molecule has 7 heteroatoms. The minimum Gasteiger partial charge on any atom is -0.391 e. The fourth-order valence-electron chi connectivity index (χ4n) is 1.93. The molecule has 1 aliphatic rings. The van der Waals surface area contributed by atoms with E-state index >= 15 is 0 Å². The van der Waals surface area contributed by atoms with E-state index in [-0.39, 0.29) is 18.5 Å². The molecule has 1 heterocycles. The molecule has 1 amide bonds. The topological polar surface area (TPSA) is 92.9 Å². The third-order valence-electron chi connectivity index (χ3n) is 2.77. The molecule has 0 bridgehead atoms. The van der Waals surface area contributed by atoms with Crippen LogP contribution in [-0.4, -0.2) is 43.4 Å². The Bertz CT molecular complexity index is 340. The van der Waals surface area contributed by atoms with E-state index in [4.69, 9.17) is 0 Å². The highest BCUT2D eigenvalue weighted by Crippen LogP contribution is 2.18. The highest BCUT2D eigenvalue weighted by atomic mass is 16.3. The van der Waals surface area contributed by atoms with E-state index in [0.29, 0.717) is 0 Å². The summed E-state index contributed by atoms with van der Waals surface area (Å²) in [6, 6.07) is -0.127. The van der Waals surface area contributed by atoms with Crippen LogP contribution in [0.15, 0.2) is 6.33 Å². The first-order valence-corrected chi connectivity index (χ1v) is 5.44. The summed E-state index contributed by atoms with van der Waals surface area (Å²) >= 11 is 0. The molecular formula is C9H15N5O2. The Morgan fingerprint density at radius 1 is 1.50 bits per heavy atom. The van der Waals surface area contributed by atoms with E-state index in [1.807, 2.05) is 0 Å². The summed E-state index contributed by atoms with van der Waals surface area (Å²) in [6.45, 7) is 0.0935. The predicted molar refractivity (Wildman–Crippen MR) is 54.2 cm³/mol. The summed E-state index contributed by atoms with van der Waals surface area (Å²) < 4.78 is 1.35. The van der Waals surface area contributed by atoms with Gasteiger partial charge in [-0.3, -0.25) is 4.79 Å². The van der Waals surface area contributed by atoms with E-state index in [0.717, 1.165) is 25.7 Å². The molecule has 0 saturated heterocycles. The van der Waals surface area contributed by atoms with Gasteiger partial charge in [-0.1, -0.05) is 12.8 Å².